The summed E-state index contributed by atoms with van der Waals surface area (Å²) < 4.78 is 5.85. The van der Waals surface area contributed by atoms with Gasteiger partial charge in [0.15, 0.2) is 5.82 Å². The average Bonchev–Trinajstić information content (AvgIpc) is 2.80. The highest BCUT2D eigenvalue weighted by Crippen LogP contribution is 2.31. The zero-order valence-corrected chi connectivity index (χ0v) is 19.0. The van der Waals surface area contributed by atoms with E-state index in [9.17, 15) is 9.59 Å². The highest BCUT2D eigenvalue weighted by atomic mass is 79.9. The lowest BCUT2D eigenvalue weighted by Gasteiger charge is -2.31. The van der Waals surface area contributed by atoms with Crippen molar-refractivity contribution in [3.8, 4) is 11.3 Å². The van der Waals surface area contributed by atoms with Crippen molar-refractivity contribution in [1.82, 2.24) is 20.3 Å². The minimum absolute atomic E-state index is 0.0810. The Bertz CT molecular complexity index is 911. The molecule has 4 N–H and O–H groups in total. The molecule has 9 nitrogen and oxygen atoms in total. The first-order valence-corrected chi connectivity index (χ1v) is 11.1. The molecule has 0 radical (unpaired) electrons. The van der Waals surface area contributed by atoms with Gasteiger partial charge in [0, 0.05) is 18.7 Å². The molecular formula is C21H27BrN6O3. The monoisotopic (exact) mass is 490 g/mol. The van der Waals surface area contributed by atoms with Crippen LogP contribution in [0.1, 0.15) is 32.6 Å². The molecule has 1 aromatic carbocycles. The van der Waals surface area contributed by atoms with Crippen molar-refractivity contribution >= 4 is 39.7 Å². The molecule has 1 aliphatic heterocycles. The molecule has 1 atom stereocenters. The SMILES string of the molecule is CCCCOC(=O)N1CCC[C@H](C(=O)NNc2nc(N)nc(-c3ccccc3)c2Br)C1. The van der Waals surface area contributed by atoms with E-state index in [1.54, 1.807) is 4.90 Å². The number of hydrogen-bond acceptors (Lipinski definition) is 7. The molecule has 0 spiro atoms. The summed E-state index contributed by atoms with van der Waals surface area (Å²) in [6, 6.07) is 9.53. The molecule has 0 unspecified atom stereocenters. The first kappa shape index (κ1) is 22.8. The van der Waals surface area contributed by atoms with E-state index in [0.29, 0.717) is 42.1 Å². The number of rotatable bonds is 7. The number of anilines is 2. The first-order chi connectivity index (χ1) is 15.0. The molecule has 3 rings (SSSR count). The molecule has 31 heavy (non-hydrogen) atoms. The second-order valence-corrected chi connectivity index (χ2v) is 8.12. The number of piperidine rings is 1. The number of aromatic nitrogens is 2. The molecular weight excluding hydrogens is 464 g/mol. The minimum Gasteiger partial charge on any atom is -0.449 e. The third-order valence-corrected chi connectivity index (χ3v) is 5.74. The van der Waals surface area contributed by atoms with E-state index in [2.05, 4.69) is 36.7 Å². The van der Waals surface area contributed by atoms with Crippen LogP contribution in [0.3, 0.4) is 0 Å². The van der Waals surface area contributed by atoms with Crippen molar-refractivity contribution < 1.29 is 14.3 Å². The molecule has 166 valence electrons. The Labute approximate surface area is 189 Å². The van der Waals surface area contributed by atoms with E-state index < -0.39 is 0 Å². The van der Waals surface area contributed by atoms with Crippen LogP contribution in [0, 0.1) is 5.92 Å². The van der Waals surface area contributed by atoms with Gasteiger partial charge in [0.25, 0.3) is 0 Å². The van der Waals surface area contributed by atoms with Gasteiger partial charge >= 0.3 is 6.09 Å². The van der Waals surface area contributed by atoms with Crippen LogP contribution in [0.25, 0.3) is 11.3 Å². The minimum atomic E-state index is -0.363. The van der Waals surface area contributed by atoms with Gasteiger partial charge in [-0.3, -0.25) is 15.6 Å². The van der Waals surface area contributed by atoms with E-state index in [-0.39, 0.29) is 23.9 Å². The van der Waals surface area contributed by atoms with Gasteiger partial charge in [-0.1, -0.05) is 43.7 Å². The van der Waals surface area contributed by atoms with Gasteiger partial charge in [0.05, 0.1) is 22.7 Å². The van der Waals surface area contributed by atoms with Crippen LogP contribution in [-0.2, 0) is 9.53 Å². The number of amides is 2. The molecule has 0 bridgehead atoms. The van der Waals surface area contributed by atoms with Gasteiger partial charge in [0.1, 0.15) is 0 Å². The maximum Gasteiger partial charge on any atom is 0.409 e. The highest BCUT2D eigenvalue weighted by Gasteiger charge is 2.29. The number of nitrogens with one attached hydrogen (secondary N) is 2. The maximum atomic E-state index is 12.7. The van der Waals surface area contributed by atoms with Gasteiger partial charge in [-0.05, 0) is 35.2 Å². The molecule has 0 aliphatic carbocycles. The first-order valence-electron chi connectivity index (χ1n) is 10.4. The predicted molar refractivity (Wildman–Crippen MR) is 122 cm³/mol. The maximum absolute atomic E-state index is 12.7. The van der Waals surface area contributed by atoms with E-state index in [1.165, 1.54) is 0 Å². The number of benzene rings is 1. The van der Waals surface area contributed by atoms with Gasteiger partial charge in [-0.2, -0.15) is 4.98 Å². The molecule has 1 aliphatic rings. The van der Waals surface area contributed by atoms with E-state index >= 15 is 0 Å². The largest absolute Gasteiger partial charge is 0.449 e. The second kappa shape index (κ2) is 10.9. The van der Waals surface area contributed by atoms with Crippen molar-refractivity contribution in [3.63, 3.8) is 0 Å². The lowest BCUT2D eigenvalue weighted by molar-refractivity contribution is -0.125. The summed E-state index contributed by atoms with van der Waals surface area (Å²) in [5.74, 6) is -0.133. The van der Waals surface area contributed by atoms with Crippen LogP contribution >= 0.6 is 15.9 Å². The summed E-state index contributed by atoms with van der Waals surface area (Å²) >= 11 is 3.49. The van der Waals surface area contributed by atoms with Crippen LogP contribution in [0.5, 0.6) is 0 Å². The fourth-order valence-electron chi connectivity index (χ4n) is 3.31. The summed E-state index contributed by atoms with van der Waals surface area (Å²) in [5, 5.41) is 0. The summed E-state index contributed by atoms with van der Waals surface area (Å²) in [7, 11) is 0. The molecule has 2 amide bonds. The smallest absolute Gasteiger partial charge is 0.409 e. The van der Waals surface area contributed by atoms with Crippen LogP contribution < -0.4 is 16.6 Å². The van der Waals surface area contributed by atoms with Crippen LogP contribution in [-0.4, -0.2) is 46.6 Å². The highest BCUT2D eigenvalue weighted by molar-refractivity contribution is 9.10. The van der Waals surface area contributed by atoms with Crippen molar-refractivity contribution in [2.75, 3.05) is 30.9 Å². The van der Waals surface area contributed by atoms with Crippen molar-refractivity contribution in [1.29, 1.82) is 0 Å². The molecule has 10 heteroatoms. The van der Waals surface area contributed by atoms with E-state index in [0.717, 1.165) is 24.8 Å². The lowest BCUT2D eigenvalue weighted by Crippen LogP contribution is -2.46. The normalized spacial score (nSPS) is 15.9. The van der Waals surface area contributed by atoms with Crippen molar-refractivity contribution in [2.45, 2.75) is 32.6 Å². The van der Waals surface area contributed by atoms with Crippen molar-refractivity contribution in [2.24, 2.45) is 5.92 Å². The van der Waals surface area contributed by atoms with Crippen LogP contribution in [0.15, 0.2) is 34.8 Å². The Morgan fingerprint density at radius 3 is 2.81 bits per heavy atom. The average molecular weight is 491 g/mol. The Balaban J connectivity index is 1.61. The summed E-state index contributed by atoms with van der Waals surface area (Å²) in [4.78, 5) is 35.0. The molecule has 1 saturated heterocycles. The third-order valence-electron chi connectivity index (χ3n) is 4.99. The van der Waals surface area contributed by atoms with Gasteiger partial charge in [0.2, 0.25) is 11.9 Å². The fraction of sp³-hybridized carbons (Fsp3) is 0.429. The number of nitrogens with two attached hydrogens (primary N) is 1. The van der Waals surface area contributed by atoms with Gasteiger partial charge in [-0.15, -0.1) is 0 Å². The Morgan fingerprint density at radius 1 is 1.29 bits per heavy atom. The number of nitrogen functional groups attached to an aromatic ring is 1. The number of carbonyl (C=O) groups is 2. The van der Waals surface area contributed by atoms with E-state index in [4.69, 9.17) is 10.5 Å². The summed E-state index contributed by atoms with van der Waals surface area (Å²) in [5.41, 5.74) is 12.9. The Kier molecular flexibility index (Phi) is 8.05. The van der Waals surface area contributed by atoms with E-state index in [1.807, 2.05) is 37.3 Å². The molecule has 0 saturated carbocycles. The van der Waals surface area contributed by atoms with Crippen molar-refractivity contribution in [3.05, 3.63) is 34.8 Å². The number of likely N-dealkylation sites (tertiary alicyclic amines) is 1. The molecule has 1 fully saturated rings. The number of unbranched alkanes of at least 4 members (excludes halogenated alkanes) is 1. The Morgan fingerprint density at radius 2 is 2.06 bits per heavy atom. The van der Waals surface area contributed by atoms with Crippen LogP contribution in [0.4, 0.5) is 16.6 Å². The molecule has 2 aromatic rings. The van der Waals surface area contributed by atoms with Gasteiger partial charge < -0.3 is 15.4 Å². The third kappa shape index (κ3) is 6.06. The number of ether oxygens (including phenoxy) is 1. The number of hydrazine groups is 1. The zero-order valence-electron chi connectivity index (χ0n) is 17.4. The lowest BCUT2D eigenvalue weighted by atomic mass is 9.98. The molecule has 2 heterocycles. The topological polar surface area (TPSA) is 122 Å². The summed E-state index contributed by atoms with van der Waals surface area (Å²) in [6.07, 6.45) is 2.85. The number of halogens is 1. The standard InChI is InChI=1S/C21H27BrN6O3/c1-2-3-12-31-21(30)28-11-7-10-15(13-28)19(29)27-26-18-16(22)17(24-20(23)25-18)14-8-5-4-6-9-14/h4-6,8-9,15H,2-3,7,10-13H2,1H3,(H,27,29)(H3,23,24,25,26)/t15-/m0/s1. The number of hydrogen-bond donors (Lipinski definition) is 3. The quantitative estimate of drug-likeness (QED) is 0.400. The second-order valence-electron chi connectivity index (χ2n) is 7.33. The number of carbonyl (C=O) groups excluding carboxylic acids is 2. The zero-order chi connectivity index (χ0) is 22.2. The van der Waals surface area contributed by atoms with Gasteiger partial charge in [-0.25, -0.2) is 9.78 Å². The molecule has 1 aromatic heterocycles. The summed E-state index contributed by atoms with van der Waals surface area (Å²) in [6.45, 7) is 3.35. The number of nitrogens with zero attached hydrogens (tertiary/aromatic N) is 3. The fourth-order valence-corrected chi connectivity index (χ4v) is 3.81. The predicted octanol–water partition coefficient (Wildman–Crippen LogP) is 3.58. The van der Waals surface area contributed by atoms with Crippen LogP contribution in [0.2, 0.25) is 0 Å². The Hall–Kier alpha value is -2.88.